The number of benzene rings is 2. The van der Waals surface area contributed by atoms with Gasteiger partial charge in [0, 0.05) is 18.7 Å². The molecule has 30 heavy (non-hydrogen) atoms. The van der Waals surface area contributed by atoms with Crippen LogP contribution in [0.3, 0.4) is 0 Å². The molecule has 0 aromatic heterocycles. The first-order valence-corrected chi connectivity index (χ1v) is 11.1. The SMILES string of the molecule is Cc1cccc(N=C2S[C@H](CC(=O)Nc3c(C)cccc3C)C(=O)N2CC(C)C)c1. The van der Waals surface area contributed by atoms with Gasteiger partial charge in [-0.15, -0.1) is 0 Å². The maximum Gasteiger partial charge on any atom is 0.242 e. The predicted molar refractivity (Wildman–Crippen MR) is 125 cm³/mol. The van der Waals surface area contributed by atoms with E-state index >= 15 is 0 Å². The number of amidine groups is 1. The number of nitrogens with zero attached hydrogens (tertiary/aromatic N) is 2. The molecule has 5 nitrogen and oxygen atoms in total. The molecule has 1 atom stereocenters. The highest BCUT2D eigenvalue weighted by Crippen LogP contribution is 2.33. The molecule has 2 aromatic rings. The van der Waals surface area contributed by atoms with Gasteiger partial charge in [-0.3, -0.25) is 14.5 Å². The predicted octanol–water partition coefficient (Wildman–Crippen LogP) is 5.23. The maximum atomic E-state index is 13.1. The fourth-order valence-electron chi connectivity index (χ4n) is 3.44. The monoisotopic (exact) mass is 423 g/mol. The summed E-state index contributed by atoms with van der Waals surface area (Å²) in [5.41, 5.74) is 4.78. The standard InChI is InChI=1S/C24H29N3O2S/c1-15(2)14-27-23(29)20(30-24(27)25-19-11-6-8-16(3)12-19)13-21(28)26-22-17(4)9-7-10-18(22)5/h6-12,15,20H,13-14H2,1-5H3,(H,26,28)/t20-/m1/s1. The van der Waals surface area contributed by atoms with Crippen molar-refractivity contribution in [2.45, 2.75) is 46.3 Å². The lowest BCUT2D eigenvalue weighted by Crippen LogP contribution is -2.36. The number of thioether (sulfide) groups is 1. The van der Waals surface area contributed by atoms with E-state index in [-0.39, 0.29) is 18.2 Å². The molecule has 0 spiro atoms. The Balaban J connectivity index is 1.78. The number of anilines is 1. The zero-order valence-corrected chi connectivity index (χ0v) is 19.0. The van der Waals surface area contributed by atoms with Crippen LogP contribution in [0.2, 0.25) is 0 Å². The van der Waals surface area contributed by atoms with Crippen molar-refractivity contribution in [1.29, 1.82) is 0 Å². The average Bonchev–Trinajstić information content (AvgIpc) is 2.93. The minimum absolute atomic E-state index is 0.0447. The summed E-state index contributed by atoms with van der Waals surface area (Å²) in [6.07, 6.45) is 0.124. The molecule has 1 N–H and O–H groups in total. The lowest BCUT2D eigenvalue weighted by Gasteiger charge is -2.18. The third-order valence-corrected chi connectivity index (χ3v) is 6.09. The first kappa shape index (κ1) is 22.1. The largest absolute Gasteiger partial charge is 0.326 e. The lowest BCUT2D eigenvalue weighted by molar-refractivity contribution is -0.128. The number of carbonyl (C=O) groups is 2. The Hall–Kier alpha value is -2.60. The van der Waals surface area contributed by atoms with E-state index in [0.717, 1.165) is 28.1 Å². The van der Waals surface area contributed by atoms with Crippen molar-refractivity contribution < 1.29 is 9.59 Å². The van der Waals surface area contributed by atoms with Crippen LogP contribution < -0.4 is 5.32 Å². The van der Waals surface area contributed by atoms with Crippen LogP contribution in [0.25, 0.3) is 0 Å². The maximum absolute atomic E-state index is 13.1. The van der Waals surface area contributed by atoms with Gasteiger partial charge < -0.3 is 5.32 Å². The quantitative estimate of drug-likeness (QED) is 0.692. The molecular weight excluding hydrogens is 394 g/mol. The second-order valence-corrected chi connectivity index (χ2v) is 9.37. The topological polar surface area (TPSA) is 61.8 Å². The second kappa shape index (κ2) is 9.47. The van der Waals surface area contributed by atoms with Crippen molar-refractivity contribution in [2.24, 2.45) is 10.9 Å². The van der Waals surface area contributed by atoms with E-state index in [1.54, 1.807) is 4.90 Å². The molecule has 1 aliphatic heterocycles. The molecule has 0 bridgehead atoms. The Morgan fingerprint density at radius 3 is 2.43 bits per heavy atom. The Morgan fingerprint density at radius 1 is 1.13 bits per heavy atom. The van der Waals surface area contributed by atoms with Gasteiger partial charge in [0.2, 0.25) is 11.8 Å². The van der Waals surface area contributed by atoms with Gasteiger partial charge in [0.05, 0.1) is 5.69 Å². The fraction of sp³-hybridized carbons (Fsp3) is 0.375. The highest BCUT2D eigenvalue weighted by Gasteiger charge is 2.39. The third-order valence-electron chi connectivity index (χ3n) is 4.91. The summed E-state index contributed by atoms with van der Waals surface area (Å²) in [6.45, 7) is 10.7. The van der Waals surface area contributed by atoms with E-state index in [9.17, 15) is 9.59 Å². The number of hydrogen-bond acceptors (Lipinski definition) is 4. The zero-order chi connectivity index (χ0) is 21.8. The summed E-state index contributed by atoms with van der Waals surface area (Å²) in [5.74, 6) is 0.107. The van der Waals surface area contributed by atoms with E-state index in [1.807, 2.05) is 63.2 Å². The summed E-state index contributed by atoms with van der Waals surface area (Å²) < 4.78 is 0. The van der Waals surface area contributed by atoms with E-state index < -0.39 is 5.25 Å². The van der Waals surface area contributed by atoms with Crippen LogP contribution >= 0.6 is 11.8 Å². The van der Waals surface area contributed by atoms with Crippen LogP contribution in [0.4, 0.5) is 11.4 Å². The van der Waals surface area contributed by atoms with Gasteiger partial charge in [0.25, 0.3) is 0 Å². The van der Waals surface area contributed by atoms with E-state index in [1.165, 1.54) is 11.8 Å². The van der Waals surface area contributed by atoms with Crippen LogP contribution in [-0.2, 0) is 9.59 Å². The Bertz CT molecular complexity index is 964. The number of para-hydroxylation sites is 1. The van der Waals surface area contributed by atoms with Crippen LogP contribution in [0.15, 0.2) is 47.5 Å². The minimum atomic E-state index is -0.461. The van der Waals surface area contributed by atoms with Gasteiger partial charge in [-0.1, -0.05) is 55.9 Å². The zero-order valence-electron chi connectivity index (χ0n) is 18.2. The van der Waals surface area contributed by atoms with Crippen molar-refractivity contribution >= 4 is 40.1 Å². The van der Waals surface area contributed by atoms with E-state index in [4.69, 9.17) is 4.99 Å². The first-order valence-electron chi connectivity index (χ1n) is 10.2. The summed E-state index contributed by atoms with van der Waals surface area (Å²) in [4.78, 5) is 32.3. The molecule has 0 aliphatic carbocycles. The highest BCUT2D eigenvalue weighted by molar-refractivity contribution is 8.15. The van der Waals surface area contributed by atoms with Crippen LogP contribution in [0.1, 0.15) is 37.0 Å². The van der Waals surface area contributed by atoms with Crippen molar-refractivity contribution in [3.05, 3.63) is 59.2 Å². The normalized spacial score (nSPS) is 17.8. The molecule has 0 radical (unpaired) electrons. The van der Waals surface area contributed by atoms with Crippen molar-refractivity contribution in [1.82, 2.24) is 4.90 Å². The molecule has 1 fully saturated rings. The average molecular weight is 424 g/mol. The van der Waals surface area contributed by atoms with Crippen LogP contribution in [-0.4, -0.2) is 33.7 Å². The number of aryl methyl sites for hydroxylation is 3. The number of nitrogens with one attached hydrogen (secondary N) is 1. The molecule has 2 amide bonds. The fourth-order valence-corrected chi connectivity index (χ4v) is 4.60. The third kappa shape index (κ3) is 5.30. The number of carbonyl (C=O) groups excluding carboxylic acids is 2. The van der Waals surface area contributed by atoms with Crippen molar-refractivity contribution in [3.8, 4) is 0 Å². The van der Waals surface area contributed by atoms with Gasteiger partial charge in [0.1, 0.15) is 5.25 Å². The Kier molecular flexibility index (Phi) is 6.98. The molecule has 1 heterocycles. The van der Waals surface area contributed by atoms with Crippen LogP contribution in [0.5, 0.6) is 0 Å². The Labute approximate surface area is 183 Å². The van der Waals surface area contributed by atoms with Crippen molar-refractivity contribution in [2.75, 3.05) is 11.9 Å². The van der Waals surface area contributed by atoms with Gasteiger partial charge >= 0.3 is 0 Å². The molecule has 0 saturated carbocycles. The van der Waals surface area contributed by atoms with E-state index in [0.29, 0.717) is 17.6 Å². The molecule has 2 aromatic carbocycles. The van der Waals surface area contributed by atoms with Gasteiger partial charge in [-0.2, -0.15) is 0 Å². The summed E-state index contributed by atoms with van der Waals surface area (Å²) in [6, 6.07) is 13.8. The second-order valence-electron chi connectivity index (χ2n) is 8.20. The summed E-state index contributed by atoms with van der Waals surface area (Å²) in [5, 5.41) is 3.20. The molecule has 158 valence electrons. The van der Waals surface area contributed by atoms with Crippen molar-refractivity contribution in [3.63, 3.8) is 0 Å². The molecule has 0 unspecified atom stereocenters. The smallest absolute Gasteiger partial charge is 0.242 e. The Morgan fingerprint density at radius 2 is 1.80 bits per heavy atom. The molecule has 1 aliphatic rings. The van der Waals surface area contributed by atoms with Gasteiger partial charge in [0.15, 0.2) is 5.17 Å². The summed E-state index contributed by atoms with van der Waals surface area (Å²) in [7, 11) is 0. The number of amides is 2. The number of rotatable bonds is 6. The first-order chi connectivity index (χ1) is 14.2. The number of hydrogen-bond donors (Lipinski definition) is 1. The lowest BCUT2D eigenvalue weighted by atomic mass is 10.1. The molecule has 3 rings (SSSR count). The van der Waals surface area contributed by atoms with Gasteiger partial charge in [-0.05, 0) is 55.5 Å². The minimum Gasteiger partial charge on any atom is -0.326 e. The molecule has 1 saturated heterocycles. The number of aliphatic imine (C=N–C) groups is 1. The van der Waals surface area contributed by atoms with Crippen LogP contribution in [0, 0.1) is 26.7 Å². The summed E-state index contributed by atoms with van der Waals surface area (Å²) >= 11 is 1.38. The highest BCUT2D eigenvalue weighted by atomic mass is 32.2. The molecule has 6 heteroatoms. The van der Waals surface area contributed by atoms with E-state index in [2.05, 4.69) is 19.2 Å². The van der Waals surface area contributed by atoms with Gasteiger partial charge in [-0.25, -0.2) is 4.99 Å². The molecular formula is C24H29N3O2S.